The molecule has 1 aromatic heterocycles. The highest BCUT2D eigenvalue weighted by molar-refractivity contribution is 7.92. The van der Waals surface area contributed by atoms with Crippen LogP contribution in [0.15, 0.2) is 47.8 Å². The lowest BCUT2D eigenvalue weighted by Crippen LogP contribution is -2.27. The van der Waals surface area contributed by atoms with Crippen molar-refractivity contribution in [3.8, 4) is 21.8 Å². The van der Waals surface area contributed by atoms with Crippen molar-refractivity contribution in [1.82, 2.24) is 4.98 Å². The molecule has 0 bridgehead atoms. The summed E-state index contributed by atoms with van der Waals surface area (Å²) in [5, 5.41) is 2.69. The minimum absolute atomic E-state index is 0.285. The number of anilines is 1. The zero-order valence-corrected chi connectivity index (χ0v) is 15.1. The summed E-state index contributed by atoms with van der Waals surface area (Å²) in [6, 6.07) is 12.1. The zero-order chi connectivity index (χ0) is 17.6. The van der Waals surface area contributed by atoms with Crippen molar-refractivity contribution < 1.29 is 12.8 Å². The smallest absolute Gasteiger partial charge is 0.232 e. The van der Waals surface area contributed by atoms with Gasteiger partial charge in [-0.3, -0.25) is 4.31 Å². The van der Waals surface area contributed by atoms with Crippen LogP contribution in [0.1, 0.15) is 5.56 Å². The van der Waals surface area contributed by atoms with Gasteiger partial charge in [0.15, 0.2) is 0 Å². The standard InChI is InChI=1S/C18H15FN2O2S2/c1-25(22,23)21-8-7-13-9-12(5-6-17(13)21)16-11-24-18(20-16)14-3-2-4-15(19)10-14/h2-6,9-11H,7-8H2,1H3. The number of sulfonamides is 1. The summed E-state index contributed by atoms with van der Waals surface area (Å²) < 4.78 is 38.5. The number of benzene rings is 2. The van der Waals surface area contributed by atoms with Crippen LogP contribution in [-0.2, 0) is 16.4 Å². The molecule has 0 aliphatic carbocycles. The Balaban J connectivity index is 1.68. The van der Waals surface area contributed by atoms with Gasteiger partial charge in [0.05, 0.1) is 17.6 Å². The average Bonchev–Trinajstić information content (AvgIpc) is 3.21. The summed E-state index contributed by atoms with van der Waals surface area (Å²) in [6.07, 6.45) is 1.92. The molecule has 0 radical (unpaired) electrons. The fraction of sp³-hybridized carbons (Fsp3) is 0.167. The summed E-state index contributed by atoms with van der Waals surface area (Å²) in [5.74, 6) is -0.285. The predicted octanol–water partition coefficient (Wildman–Crippen LogP) is 3.94. The van der Waals surface area contributed by atoms with E-state index in [0.717, 1.165) is 33.1 Å². The minimum Gasteiger partial charge on any atom is -0.270 e. The molecule has 0 spiro atoms. The Kier molecular flexibility index (Phi) is 3.85. The monoisotopic (exact) mass is 374 g/mol. The molecule has 1 aliphatic heterocycles. The van der Waals surface area contributed by atoms with Gasteiger partial charge in [0.25, 0.3) is 0 Å². The predicted molar refractivity (Wildman–Crippen MR) is 98.8 cm³/mol. The van der Waals surface area contributed by atoms with Crippen LogP contribution in [0.25, 0.3) is 21.8 Å². The van der Waals surface area contributed by atoms with Gasteiger partial charge >= 0.3 is 0 Å². The van der Waals surface area contributed by atoms with Crippen molar-refractivity contribution >= 4 is 27.0 Å². The summed E-state index contributed by atoms with van der Waals surface area (Å²) in [5.41, 5.74) is 4.24. The largest absolute Gasteiger partial charge is 0.270 e. The van der Waals surface area contributed by atoms with Gasteiger partial charge < -0.3 is 0 Å². The normalized spacial score (nSPS) is 13.9. The van der Waals surface area contributed by atoms with Crippen LogP contribution in [0.2, 0.25) is 0 Å². The molecule has 0 saturated carbocycles. The van der Waals surface area contributed by atoms with Gasteiger partial charge in [-0.2, -0.15) is 0 Å². The van der Waals surface area contributed by atoms with Crippen LogP contribution >= 0.6 is 11.3 Å². The van der Waals surface area contributed by atoms with E-state index in [1.165, 1.54) is 34.0 Å². The number of fused-ring (bicyclic) bond motifs is 1. The molecule has 0 unspecified atom stereocenters. The van der Waals surface area contributed by atoms with Crippen molar-refractivity contribution in [2.45, 2.75) is 6.42 Å². The number of rotatable bonds is 3. The molecule has 2 heterocycles. The second-order valence-corrected chi connectivity index (χ2v) is 8.74. The molecule has 3 aromatic rings. The molecular formula is C18H15FN2O2S2. The molecule has 128 valence electrons. The molecule has 25 heavy (non-hydrogen) atoms. The third kappa shape index (κ3) is 3.05. The van der Waals surface area contributed by atoms with Crippen molar-refractivity contribution in [3.05, 3.63) is 59.2 Å². The molecular weight excluding hydrogens is 359 g/mol. The first-order chi connectivity index (χ1) is 11.9. The van der Waals surface area contributed by atoms with E-state index in [2.05, 4.69) is 4.98 Å². The number of halogens is 1. The Morgan fingerprint density at radius 3 is 2.76 bits per heavy atom. The summed E-state index contributed by atoms with van der Waals surface area (Å²) >= 11 is 1.46. The van der Waals surface area contributed by atoms with Gasteiger partial charge in [-0.25, -0.2) is 17.8 Å². The van der Waals surface area contributed by atoms with Gasteiger partial charge in [0.1, 0.15) is 10.8 Å². The second kappa shape index (κ2) is 5.93. The lowest BCUT2D eigenvalue weighted by Gasteiger charge is -2.16. The molecule has 1 aliphatic rings. The molecule has 4 rings (SSSR count). The maximum absolute atomic E-state index is 13.4. The van der Waals surface area contributed by atoms with Crippen molar-refractivity contribution in [3.63, 3.8) is 0 Å². The van der Waals surface area contributed by atoms with Crippen molar-refractivity contribution in [1.29, 1.82) is 0 Å². The first-order valence-corrected chi connectivity index (χ1v) is 10.5. The highest BCUT2D eigenvalue weighted by Crippen LogP contribution is 2.35. The van der Waals surface area contributed by atoms with E-state index in [1.807, 2.05) is 29.6 Å². The second-order valence-electron chi connectivity index (χ2n) is 5.98. The maximum atomic E-state index is 13.4. The third-order valence-electron chi connectivity index (χ3n) is 4.20. The molecule has 0 amide bonds. The Bertz CT molecular complexity index is 1060. The van der Waals surface area contributed by atoms with Gasteiger partial charge in [0, 0.05) is 23.1 Å². The lowest BCUT2D eigenvalue weighted by atomic mass is 10.1. The number of hydrogen-bond donors (Lipinski definition) is 0. The van der Waals surface area contributed by atoms with Crippen LogP contribution in [0.5, 0.6) is 0 Å². The molecule has 2 aromatic carbocycles. The topological polar surface area (TPSA) is 50.3 Å². The van der Waals surface area contributed by atoms with Crippen LogP contribution in [-0.4, -0.2) is 26.2 Å². The van der Waals surface area contributed by atoms with Crippen LogP contribution < -0.4 is 4.31 Å². The van der Waals surface area contributed by atoms with E-state index in [1.54, 1.807) is 6.07 Å². The molecule has 0 atom stereocenters. The number of hydrogen-bond acceptors (Lipinski definition) is 4. The number of nitrogens with zero attached hydrogens (tertiary/aromatic N) is 2. The molecule has 7 heteroatoms. The summed E-state index contributed by atoms with van der Waals surface area (Å²) in [6.45, 7) is 0.475. The van der Waals surface area contributed by atoms with Gasteiger partial charge in [-0.1, -0.05) is 18.2 Å². The van der Waals surface area contributed by atoms with E-state index < -0.39 is 10.0 Å². The van der Waals surface area contributed by atoms with E-state index in [-0.39, 0.29) is 5.82 Å². The Hall–Kier alpha value is -2.25. The van der Waals surface area contributed by atoms with Gasteiger partial charge in [0.2, 0.25) is 10.0 Å². The van der Waals surface area contributed by atoms with Gasteiger partial charge in [-0.05, 0) is 36.2 Å². The fourth-order valence-corrected chi connectivity index (χ4v) is 4.82. The minimum atomic E-state index is -3.25. The molecule has 0 N–H and O–H groups in total. The summed E-state index contributed by atoms with van der Waals surface area (Å²) in [7, 11) is -3.25. The molecule has 4 nitrogen and oxygen atoms in total. The van der Waals surface area contributed by atoms with E-state index >= 15 is 0 Å². The van der Waals surface area contributed by atoms with Crippen LogP contribution in [0.3, 0.4) is 0 Å². The zero-order valence-electron chi connectivity index (χ0n) is 13.4. The third-order valence-corrected chi connectivity index (χ3v) is 6.28. The average molecular weight is 374 g/mol. The first kappa shape index (κ1) is 16.2. The fourth-order valence-electron chi connectivity index (χ4n) is 3.04. The van der Waals surface area contributed by atoms with Crippen LogP contribution in [0.4, 0.5) is 10.1 Å². The molecule has 0 fully saturated rings. The van der Waals surface area contributed by atoms with Crippen LogP contribution in [0, 0.1) is 5.82 Å². The maximum Gasteiger partial charge on any atom is 0.232 e. The van der Waals surface area contributed by atoms with Gasteiger partial charge in [-0.15, -0.1) is 11.3 Å². The quantitative estimate of drug-likeness (QED) is 0.698. The number of aromatic nitrogens is 1. The summed E-state index contributed by atoms with van der Waals surface area (Å²) in [4.78, 5) is 4.61. The van der Waals surface area contributed by atoms with E-state index in [0.29, 0.717) is 13.0 Å². The SMILES string of the molecule is CS(=O)(=O)N1CCc2cc(-c3csc(-c4cccc(F)c4)n3)ccc21. The lowest BCUT2D eigenvalue weighted by molar-refractivity contribution is 0.598. The highest BCUT2D eigenvalue weighted by atomic mass is 32.2. The Morgan fingerprint density at radius 1 is 1.16 bits per heavy atom. The molecule has 0 saturated heterocycles. The first-order valence-electron chi connectivity index (χ1n) is 7.74. The van der Waals surface area contributed by atoms with E-state index in [4.69, 9.17) is 0 Å². The van der Waals surface area contributed by atoms with E-state index in [9.17, 15) is 12.8 Å². The van der Waals surface area contributed by atoms with Crippen molar-refractivity contribution in [2.24, 2.45) is 0 Å². The highest BCUT2D eigenvalue weighted by Gasteiger charge is 2.26. The van der Waals surface area contributed by atoms with Crippen molar-refractivity contribution in [2.75, 3.05) is 17.1 Å². The Morgan fingerprint density at radius 2 is 2.00 bits per heavy atom. The Labute approximate surface area is 149 Å². The number of thiazole rings is 1.